The van der Waals surface area contributed by atoms with Gasteiger partial charge in [-0.3, -0.25) is 9.59 Å². The molecule has 11 heteroatoms. The van der Waals surface area contributed by atoms with Crippen LogP contribution in [0.2, 0.25) is 0 Å². The monoisotopic (exact) mass is 484 g/mol. The SMILES string of the molecule is NC(=O)COc1ccc2c(N3CC4CN(C(=O)c5ccccc5-n5nccn5)CC4C3)nccc2n1. The molecule has 0 spiro atoms. The first-order valence-electron chi connectivity index (χ1n) is 11.7. The quantitative estimate of drug-likeness (QED) is 0.433. The second-order valence-electron chi connectivity index (χ2n) is 9.08. The van der Waals surface area contributed by atoms with Crippen molar-refractivity contribution in [3.8, 4) is 11.6 Å². The van der Waals surface area contributed by atoms with E-state index < -0.39 is 5.91 Å². The van der Waals surface area contributed by atoms with Gasteiger partial charge in [0, 0.05) is 55.7 Å². The van der Waals surface area contributed by atoms with Crippen molar-refractivity contribution in [3.05, 3.63) is 66.6 Å². The molecule has 2 fully saturated rings. The van der Waals surface area contributed by atoms with Crippen molar-refractivity contribution < 1.29 is 14.3 Å². The van der Waals surface area contributed by atoms with Crippen LogP contribution < -0.4 is 15.4 Å². The van der Waals surface area contributed by atoms with Crippen molar-refractivity contribution in [3.63, 3.8) is 0 Å². The van der Waals surface area contributed by atoms with Gasteiger partial charge in [0.2, 0.25) is 5.88 Å². The van der Waals surface area contributed by atoms with Gasteiger partial charge in [0.1, 0.15) is 5.82 Å². The highest BCUT2D eigenvalue weighted by molar-refractivity contribution is 5.98. The number of carbonyl (C=O) groups excluding carboxylic acids is 2. The summed E-state index contributed by atoms with van der Waals surface area (Å²) in [5.74, 6) is 1.37. The highest BCUT2D eigenvalue weighted by Crippen LogP contribution is 2.36. The summed E-state index contributed by atoms with van der Waals surface area (Å²) in [7, 11) is 0. The number of nitrogens with zero attached hydrogens (tertiary/aromatic N) is 7. The number of anilines is 1. The minimum atomic E-state index is -0.551. The Morgan fingerprint density at radius 3 is 2.44 bits per heavy atom. The summed E-state index contributed by atoms with van der Waals surface area (Å²) in [6, 6.07) is 12.9. The van der Waals surface area contributed by atoms with E-state index in [4.69, 9.17) is 10.5 Å². The van der Waals surface area contributed by atoms with E-state index >= 15 is 0 Å². The molecule has 2 atom stereocenters. The van der Waals surface area contributed by atoms with Crippen molar-refractivity contribution >= 4 is 28.5 Å². The highest BCUT2D eigenvalue weighted by Gasteiger charge is 2.42. The summed E-state index contributed by atoms with van der Waals surface area (Å²) < 4.78 is 5.34. The maximum absolute atomic E-state index is 13.4. The molecular weight excluding hydrogens is 460 g/mol. The van der Waals surface area contributed by atoms with Gasteiger partial charge in [-0.25, -0.2) is 9.97 Å². The molecule has 1 aromatic carbocycles. The molecule has 0 radical (unpaired) electrons. The Balaban J connectivity index is 1.17. The van der Waals surface area contributed by atoms with Crippen molar-refractivity contribution in [2.24, 2.45) is 17.6 Å². The largest absolute Gasteiger partial charge is 0.468 e. The molecule has 5 heterocycles. The number of amides is 2. The standard InChI is InChI=1S/C25H24N8O3/c26-22(34)15-36-23-6-5-18-20(30-23)7-8-27-24(18)31-11-16-13-32(14-17(16)12-31)25(35)19-3-1-2-4-21(19)33-28-9-10-29-33/h1-10,16-17H,11-15H2,(H2,26,34). The minimum Gasteiger partial charge on any atom is -0.468 e. The lowest BCUT2D eigenvalue weighted by Gasteiger charge is -2.24. The molecule has 6 rings (SSSR count). The number of nitrogens with two attached hydrogens (primary N) is 1. The molecule has 2 unspecified atom stereocenters. The number of pyridine rings is 2. The molecule has 2 amide bonds. The van der Waals surface area contributed by atoms with E-state index in [1.807, 2.05) is 41.3 Å². The fourth-order valence-corrected chi connectivity index (χ4v) is 5.17. The number of hydrogen-bond acceptors (Lipinski definition) is 8. The number of likely N-dealkylation sites (tertiary alicyclic amines) is 1. The number of primary amides is 1. The fraction of sp³-hybridized carbons (Fsp3) is 0.280. The van der Waals surface area contributed by atoms with E-state index in [2.05, 4.69) is 25.1 Å². The lowest BCUT2D eigenvalue weighted by molar-refractivity contribution is -0.120. The van der Waals surface area contributed by atoms with Gasteiger partial charge < -0.3 is 20.3 Å². The van der Waals surface area contributed by atoms with Gasteiger partial charge in [0.15, 0.2) is 6.61 Å². The van der Waals surface area contributed by atoms with Crippen LogP contribution >= 0.6 is 0 Å². The third-order valence-corrected chi connectivity index (χ3v) is 6.77. The molecule has 2 aliphatic heterocycles. The predicted molar refractivity (Wildman–Crippen MR) is 131 cm³/mol. The van der Waals surface area contributed by atoms with Crippen LogP contribution in [0.25, 0.3) is 16.6 Å². The first-order valence-corrected chi connectivity index (χ1v) is 11.7. The van der Waals surface area contributed by atoms with E-state index in [0.29, 0.717) is 42.1 Å². The Morgan fingerprint density at radius 2 is 1.69 bits per heavy atom. The molecular formula is C25H24N8O3. The topological polar surface area (TPSA) is 132 Å². The molecule has 11 nitrogen and oxygen atoms in total. The third kappa shape index (κ3) is 3.98. The Bertz CT molecular complexity index is 1430. The zero-order chi connectivity index (χ0) is 24.6. The van der Waals surface area contributed by atoms with Crippen molar-refractivity contribution in [1.82, 2.24) is 29.9 Å². The smallest absolute Gasteiger partial charge is 0.256 e. The second kappa shape index (κ2) is 8.91. The Hall–Kier alpha value is -4.54. The lowest BCUT2D eigenvalue weighted by atomic mass is 10.0. The zero-order valence-electron chi connectivity index (χ0n) is 19.4. The number of fused-ring (bicyclic) bond motifs is 2. The van der Waals surface area contributed by atoms with Crippen molar-refractivity contribution in [2.75, 3.05) is 37.7 Å². The van der Waals surface area contributed by atoms with Gasteiger partial charge in [0.25, 0.3) is 11.8 Å². The first kappa shape index (κ1) is 22.0. The number of carbonyl (C=O) groups is 2. The number of para-hydroxylation sites is 1. The van der Waals surface area contributed by atoms with Gasteiger partial charge >= 0.3 is 0 Å². The first-order chi connectivity index (χ1) is 17.6. The van der Waals surface area contributed by atoms with Crippen LogP contribution in [0.4, 0.5) is 5.82 Å². The minimum absolute atomic E-state index is 0.000161. The molecule has 182 valence electrons. The average Bonchev–Trinajstić information content (AvgIpc) is 3.64. The Labute approximate surface area is 206 Å². The molecule has 3 aromatic heterocycles. The van der Waals surface area contributed by atoms with E-state index in [1.54, 1.807) is 24.7 Å². The number of ether oxygens (including phenoxy) is 1. The van der Waals surface area contributed by atoms with Gasteiger partial charge in [-0.1, -0.05) is 12.1 Å². The van der Waals surface area contributed by atoms with Crippen LogP contribution in [0.3, 0.4) is 0 Å². The van der Waals surface area contributed by atoms with Crippen LogP contribution in [0.5, 0.6) is 5.88 Å². The molecule has 2 aliphatic rings. The molecule has 4 aromatic rings. The van der Waals surface area contributed by atoms with Gasteiger partial charge in [-0.15, -0.1) is 0 Å². The second-order valence-corrected chi connectivity index (χ2v) is 9.08. The van der Waals surface area contributed by atoms with E-state index in [9.17, 15) is 9.59 Å². The molecule has 0 bridgehead atoms. The summed E-state index contributed by atoms with van der Waals surface area (Å²) in [5, 5.41) is 9.30. The zero-order valence-corrected chi connectivity index (χ0v) is 19.4. The molecule has 2 saturated heterocycles. The van der Waals surface area contributed by atoms with Crippen molar-refractivity contribution in [1.29, 1.82) is 0 Å². The molecule has 0 aliphatic carbocycles. The van der Waals surface area contributed by atoms with Crippen molar-refractivity contribution in [2.45, 2.75) is 0 Å². The summed E-state index contributed by atoms with van der Waals surface area (Å²) in [4.78, 5) is 39.2. The Kier molecular flexibility index (Phi) is 5.44. The maximum atomic E-state index is 13.4. The summed E-state index contributed by atoms with van der Waals surface area (Å²) in [6.07, 6.45) is 4.93. The number of rotatable bonds is 6. The number of benzene rings is 1. The maximum Gasteiger partial charge on any atom is 0.256 e. The molecule has 36 heavy (non-hydrogen) atoms. The average molecular weight is 485 g/mol. The normalized spacial score (nSPS) is 19.0. The number of aromatic nitrogens is 5. The summed E-state index contributed by atoms with van der Waals surface area (Å²) in [5.41, 5.74) is 7.17. The van der Waals surface area contributed by atoms with Crippen LogP contribution in [-0.2, 0) is 4.79 Å². The van der Waals surface area contributed by atoms with Crippen LogP contribution in [0.15, 0.2) is 61.1 Å². The predicted octanol–water partition coefficient (Wildman–Crippen LogP) is 1.28. The summed E-state index contributed by atoms with van der Waals surface area (Å²) in [6.45, 7) is 2.78. The summed E-state index contributed by atoms with van der Waals surface area (Å²) >= 11 is 0. The van der Waals surface area contributed by atoms with Crippen LogP contribution in [0.1, 0.15) is 10.4 Å². The number of hydrogen-bond donors (Lipinski definition) is 1. The lowest BCUT2D eigenvalue weighted by Crippen LogP contribution is -2.34. The highest BCUT2D eigenvalue weighted by atomic mass is 16.5. The van der Waals surface area contributed by atoms with Crippen LogP contribution in [0, 0.1) is 11.8 Å². The van der Waals surface area contributed by atoms with E-state index in [-0.39, 0.29) is 12.5 Å². The molecule has 0 saturated carbocycles. The fourth-order valence-electron chi connectivity index (χ4n) is 5.17. The van der Waals surface area contributed by atoms with Gasteiger partial charge in [-0.05, 0) is 24.3 Å². The Morgan fingerprint density at radius 1 is 0.944 bits per heavy atom. The van der Waals surface area contributed by atoms with Crippen LogP contribution in [-0.4, -0.2) is 74.5 Å². The molecule has 2 N–H and O–H groups in total. The van der Waals surface area contributed by atoms with E-state index in [1.165, 1.54) is 4.80 Å². The van der Waals surface area contributed by atoms with Gasteiger partial charge in [0.05, 0.1) is 29.2 Å². The third-order valence-electron chi connectivity index (χ3n) is 6.77. The van der Waals surface area contributed by atoms with E-state index in [0.717, 1.165) is 29.8 Å². The van der Waals surface area contributed by atoms with Gasteiger partial charge in [-0.2, -0.15) is 15.0 Å².